The van der Waals surface area contributed by atoms with Gasteiger partial charge in [0.25, 0.3) is 0 Å². The van der Waals surface area contributed by atoms with Crippen LogP contribution in [0.3, 0.4) is 0 Å². The molecule has 0 aliphatic rings. The number of nitrogens with zero attached hydrogens (tertiary/aromatic N) is 1. The average molecular weight is 302 g/mol. The van der Waals surface area contributed by atoms with E-state index in [-0.39, 0.29) is 31.1 Å². The van der Waals surface area contributed by atoms with Crippen LogP contribution >= 0.6 is 0 Å². The number of ether oxygens (including phenoxy) is 1. The number of benzene rings is 1. The van der Waals surface area contributed by atoms with Gasteiger partial charge in [-0.1, -0.05) is 12.1 Å². The van der Waals surface area contributed by atoms with Crippen LogP contribution in [0, 0.1) is 5.82 Å². The van der Waals surface area contributed by atoms with Crippen molar-refractivity contribution in [3.8, 4) is 0 Å². The zero-order chi connectivity index (χ0) is 15.2. The zero-order valence-electron chi connectivity index (χ0n) is 11.4. The lowest BCUT2D eigenvalue weighted by Crippen LogP contribution is -2.34. The van der Waals surface area contributed by atoms with E-state index in [2.05, 4.69) is 6.58 Å². The fourth-order valence-electron chi connectivity index (χ4n) is 1.66. The first kappa shape index (κ1) is 16.8. The molecule has 5 nitrogen and oxygen atoms in total. The lowest BCUT2D eigenvalue weighted by molar-refractivity contribution is 0.182. The number of hydrogen-bond donors (Lipinski definition) is 1. The van der Waals surface area contributed by atoms with Crippen molar-refractivity contribution in [3.63, 3.8) is 0 Å². The van der Waals surface area contributed by atoms with E-state index in [1.54, 1.807) is 0 Å². The van der Waals surface area contributed by atoms with Gasteiger partial charge in [0, 0.05) is 26.7 Å². The Morgan fingerprint density at radius 2 is 2.20 bits per heavy atom. The third-order valence-corrected chi connectivity index (χ3v) is 4.61. The van der Waals surface area contributed by atoms with Gasteiger partial charge in [-0.15, -0.1) is 6.58 Å². The van der Waals surface area contributed by atoms with Crippen LogP contribution in [0.5, 0.6) is 0 Å². The molecule has 0 radical (unpaired) electrons. The molecule has 1 aromatic carbocycles. The van der Waals surface area contributed by atoms with Gasteiger partial charge in [0.1, 0.15) is 10.7 Å². The maximum atomic E-state index is 13.8. The van der Waals surface area contributed by atoms with Crippen LogP contribution in [0.15, 0.2) is 35.7 Å². The summed E-state index contributed by atoms with van der Waals surface area (Å²) in [6, 6.07) is 3.83. The minimum absolute atomic E-state index is 0.0813. The molecule has 0 aliphatic heterocycles. The van der Waals surface area contributed by atoms with E-state index in [1.165, 1.54) is 25.3 Å². The highest BCUT2D eigenvalue weighted by molar-refractivity contribution is 7.89. The van der Waals surface area contributed by atoms with Crippen LogP contribution in [0.1, 0.15) is 5.56 Å². The highest BCUT2D eigenvalue weighted by Crippen LogP contribution is 2.20. The summed E-state index contributed by atoms with van der Waals surface area (Å²) in [7, 11) is -2.48. The molecule has 1 rings (SSSR count). The quantitative estimate of drug-likeness (QED) is 0.730. The molecule has 0 aliphatic carbocycles. The molecular weight excluding hydrogens is 283 g/mol. The molecule has 0 spiro atoms. The van der Waals surface area contributed by atoms with Crippen molar-refractivity contribution >= 4 is 10.0 Å². The van der Waals surface area contributed by atoms with E-state index < -0.39 is 15.8 Å². The summed E-state index contributed by atoms with van der Waals surface area (Å²) in [5.74, 6) is -0.798. The smallest absolute Gasteiger partial charge is 0.246 e. The van der Waals surface area contributed by atoms with Gasteiger partial charge in [-0.05, 0) is 17.7 Å². The number of nitrogens with two attached hydrogens (primary N) is 1. The molecule has 0 heterocycles. The summed E-state index contributed by atoms with van der Waals surface area (Å²) >= 11 is 0. The third kappa shape index (κ3) is 3.86. The molecule has 0 saturated heterocycles. The number of methoxy groups -OCH3 is 1. The van der Waals surface area contributed by atoms with Crippen molar-refractivity contribution in [3.05, 3.63) is 42.2 Å². The van der Waals surface area contributed by atoms with Crippen LogP contribution in [0.4, 0.5) is 4.39 Å². The van der Waals surface area contributed by atoms with Gasteiger partial charge in [-0.25, -0.2) is 12.8 Å². The highest BCUT2D eigenvalue weighted by Gasteiger charge is 2.26. The highest BCUT2D eigenvalue weighted by atomic mass is 32.2. The summed E-state index contributed by atoms with van der Waals surface area (Å²) in [5.41, 5.74) is 6.01. The molecular formula is C13H19FN2O3S. The molecule has 1 aromatic rings. The summed E-state index contributed by atoms with van der Waals surface area (Å²) in [4.78, 5) is -0.376. The van der Waals surface area contributed by atoms with Crippen molar-refractivity contribution in [2.24, 2.45) is 5.73 Å². The predicted octanol–water partition coefficient (Wildman–Crippen LogP) is 1.11. The fourth-order valence-corrected chi connectivity index (χ4v) is 3.17. The average Bonchev–Trinajstić information content (AvgIpc) is 2.43. The Balaban J connectivity index is 3.20. The minimum Gasteiger partial charge on any atom is -0.383 e. The van der Waals surface area contributed by atoms with E-state index >= 15 is 0 Å². The van der Waals surface area contributed by atoms with Gasteiger partial charge in [0.2, 0.25) is 10.0 Å². The van der Waals surface area contributed by atoms with Gasteiger partial charge in [-0.3, -0.25) is 0 Å². The molecule has 0 amide bonds. The van der Waals surface area contributed by atoms with E-state index in [0.717, 1.165) is 10.4 Å². The van der Waals surface area contributed by atoms with Crippen LogP contribution in [0.25, 0.3) is 0 Å². The summed E-state index contributed by atoms with van der Waals surface area (Å²) in [6.07, 6.45) is 1.44. The summed E-state index contributed by atoms with van der Waals surface area (Å²) < 4.78 is 44.7. The van der Waals surface area contributed by atoms with Crippen LogP contribution in [-0.2, 0) is 21.3 Å². The van der Waals surface area contributed by atoms with E-state index in [0.29, 0.717) is 5.56 Å². The Morgan fingerprint density at radius 1 is 1.50 bits per heavy atom. The summed E-state index contributed by atoms with van der Waals surface area (Å²) in [6.45, 7) is 4.07. The second-order valence-electron chi connectivity index (χ2n) is 4.11. The number of hydrogen-bond acceptors (Lipinski definition) is 4. The predicted molar refractivity (Wildman–Crippen MR) is 75.1 cm³/mol. The number of rotatable bonds is 8. The monoisotopic (exact) mass is 302 g/mol. The molecule has 0 fully saturated rings. The van der Waals surface area contributed by atoms with E-state index in [9.17, 15) is 12.8 Å². The largest absolute Gasteiger partial charge is 0.383 e. The fraction of sp³-hybridized carbons (Fsp3) is 0.385. The molecule has 2 N–H and O–H groups in total. The van der Waals surface area contributed by atoms with Gasteiger partial charge < -0.3 is 10.5 Å². The zero-order valence-corrected chi connectivity index (χ0v) is 12.2. The first-order valence-electron chi connectivity index (χ1n) is 6.05. The Bertz CT molecular complexity index is 561. The third-order valence-electron chi connectivity index (χ3n) is 2.73. The second-order valence-corrected chi connectivity index (χ2v) is 6.02. The molecule has 0 saturated carbocycles. The lowest BCUT2D eigenvalue weighted by Gasteiger charge is -2.21. The Hall–Kier alpha value is -1.28. The Kier molecular flexibility index (Phi) is 6.28. The molecule has 0 aromatic heterocycles. The molecule has 0 unspecified atom stereocenters. The normalized spacial score (nSPS) is 11.8. The SMILES string of the molecule is C=CCN(CCOC)S(=O)(=O)c1cc(CN)ccc1F. The maximum absolute atomic E-state index is 13.8. The maximum Gasteiger partial charge on any atom is 0.246 e. The molecule has 0 atom stereocenters. The Labute approximate surface area is 118 Å². The number of sulfonamides is 1. The van der Waals surface area contributed by atoms with Crippen molar-refractivity contribution in [2.75, 3.05) is 26.8 Å². The van der Waals surface area contributed by atoms with Gasteiger partial charge in [-0.2, -0.15) is 4.31 Å². The molecule has 112 valence electrons. The van der Waals surface area contributed by atoms with Crippen LogP contribution in [0.2, 0.25) is 0 Å². The minimum atomic E-state index is -3.95. The summed E-state index contributed by atoms with van der Waals surface area (Å²) in [5, 5.41) is 0. The van der Waals surface area contributed by atoms with Gasteiger partial charge in [0.15, 0.2) is 0 Å². The van der Waals surface area contributed by atoms with Crippen LogP contribution in [-0.4, -0.2) is 39.5 Å². The van der Waals surface area contributed by atoms with Crippen molar-refractivity contribution in [1.29, 1.82) is 0 Å². The molecule has 20 heavy (non-hydrogen) atoms. The first-order valence-corrected chi connectivity index (χ1v) is 7.49. The van der Waals surface area contributed by atoms with Crippen molar-refractivity contribution < 1.29 is 17.5 Å². The van der Waals surface area contributed by atoms with E-state index in [1.807, 2.05) is 0 Å². The van der Waals surface area contributed by atoms with E-state index in [4.69, 9.17) is 10.5 Å². The lowest BCUT2D eigenvalue weighted by atomic mass is 10.2. The Morgan fingerprint density at radius 3 is 2.75 bits per heavy atom. The van der Waals surface area contributed by atoms with Crippen molar-refractivity contribution in [2.45, 2.75) is 11.4 Å². The van der Waals surface area contributed by atoms with Crippen molar-refractivity contribution in [1.82, 2.24) is 4.31 Å². The number of halogens is 1. The second kappa shape index (κ2) is 7.49. The molecule has 0 bridgehead atoms. The molecule has 7 heteroatoms. The van der Waals surface area contributed by atoms with Crippen LogP contribution < -0.4 is 5.73 Å². The van der Waals surface area contributed by atoms with Gasteiger partial charge >= 0.3 is 0 Å². The first-order chi connectivity index (χ1) is 9.47. The topological polar surface area (TPSA) is 72.6 Å². The standard InChI is InChI=1S/C13H19FN2O3S/c1-3-6-16(7-8-19-2)20(17,18)13-9-11(10-15)4-5-12(13)14/h3-5,9H,1,6-8,10,15H2,2H3. The van der Waals surface area contributed by atoms with Gasteiger partial charge in [0.05, 0.1) is 6.61 Å².